The molecule has 0 aliphatic heterocycles. The smallest absolute Gasteiger partial charge is 0.313 e. The minimum atomic E-state index is -3.83. The van der Waals surface area contributed by atoms with Crippen LogP contribution in [0.25, 0.3) is 0 Å². The number of nitro benzene ring substituents is 1. The fourth-order valence-corrected chi connectivity index (χ4v) is 3.21. The Labute approximate surface area is 136 Å². The zero-order chi connectivity index (χ0) is 16.2. The molecule has 0 saturated carbocycles. The highest BCUT2D eigenvalue weighted by Crippen LogP contribution is 2.20. The molecule has 0 aliphatic rings. The van der Waals surface area contributed by atoms with Crippen LogP contribution in [-0.2, 0) is 21.2 Å². The Balaban J connectivity index is 2.11. The van der Waals surface area contributed by atoms with Crippen molar-refractivity contribution in [3.05, 3.63) is 69.8 Å². The Morgan fingerprint density at radius 2 is 1.73 bits per heavy atom. The molecule has 0 unspecified atom stereocenters. The minimum Gasteiger partial charge on any atom is -0.382 e. The Morgan fingerprint density at radius 3 is 2.32 bits per heavy atom. The Hall–Kier alpha value is -1.93. The van der Waals surface area contributed by atoms with Crippen LogP contribution >= 0.6 is 15.9 Å². The molecule has 0 bridgehead atoms. The van der Waals surface area contributed by atoms with Gasteiger partial charge in [0.1, 0.15) is 11.5 Å². The molecule has 116 valence electrons. The predicted octanol–water partition coefficient (Wildman–Crippen LogP) is 3.40. The molecule has 0 fully saturated rings. The van der Waals surface area contributed by atoms with Crippen LogP contribution < -0.4 is 4.18 Å². The first kappa shape index (κ1) is 16.4. The van der Waals surface area contributed by atoms with Crippen LogP contribution in [0.5, 0.6) is 5.75 Å². The fraction of sp³-hybridized carbons (Fsp3) is 0.143. The number of rotatable bonds is 6. The van der Waals surface area contributed by atoms with E-state index >= 15 is 0 Å². The highest BCUT2D eigenvalue weighted by molar-refractivity contribution is 9.08. The molecule has 6 nitrogen and oxygen atoms in total. The van der Waals surface area contributed by atoms with E-state index in [0.29, 0.717) is 10.9 Å². The van der Waals surface area contributed by atoms with Crippen molar-refractivity contribution in [2.75, 3.05) is 0 Å². The van der Waals surface area contributed by atoms with E-state index in [0.717, 1.165) is 5.56 Å². The molecular weight excluding hydrogens is 374 g/mol. The lowest BCUT2D eigenvalue weighted by Gasteiger charge is -2.07. The third-order valence-corrected chi connectivity index (χ3v) is 4.54. The molecule has 0 atom stereocenters. The van der Waals surface area contributed by atoms with Gasteiger partial charge in [0.25, 0.3) is 5.69 Å². The molecule has 0 saturated heterocycles. The molecule has 0 heterocycles. The number of nitrogens with zero attached hydrogens (tertiary/aromatic N) is 1. The van der Waals surface area contributed by atoms with Gasteiger partial charge in [0.15, 0.2) is 0 Å². The van der Waals surface area contributed by atoms with E-state index in [4.69, 9.17) is 4.18 Å². The lowest BCUT2D eigenvalue weighted by atomic mass is 10.2. The van der Waals surface area contributed by atoms with Crippen molar-refractivity contribution in [2.24, 2.45) is 0 Å². The SMILES string of the molecule is O=[N+]([O-])c1ccc(OS(=O)(=O)Cc2cccc(CBr)c2)cc1. The van der Waals surface area contributed by atoms with Crippen molar-refractivity contribution in [3.63, 3.8) is 0 Å². The van der Waals surface area contributed by atoms with Crippen molar-refractivity contribution in [1.82, 2.24) is 0 Å². The van der Waals surface area contributed by atoms with Gasteiger partial charge in [0.05, 0.1) is 4.92 Å². The number of benzene rings is 2. The second-order valence-electron chi connectivity index (χ2n) is 4.49. The molecule has 0 radical (unpaired) electrons. The van der Waals surface area contributed by atoms with Gasteiger partial charge >= 0.3 is 10.1 Å². The molecule has 0 N–H and O–H groups in total. The summed E-state index contributed by atoms with van der Waals surface area (Å²) in [6.07, 6.45) is 0. The van der Waals surface area contributed by atoms with Gasteiger partial charge in [-0.25, -0.2) is 0 Å². The van der Waals surface area contributed by atoms with E-state index in [1.165, 1.54) is 24.3 Å². The van der Waals surface area contributed by atoms with Crippen LogP contribution in [0.2, 0.25) is 0 Å². The number of non-ortho nitro benzene ring substituents is 1. The molecule has 8 heteroatoms. The van der Waals surface area contributed by atoms with E-state index in [1.807, 2.05) is 6.07 Å². The lowest BCUT2D eigenvalue weighted by Crippen LogP contribution is -2.12. The van der Waals surface area contributed by atoms with Crippen molar-refractivity contribution in [1.29, 1.82) is 0 Å². The van der Waals surface area contributed by atoms with E-state index in [1.54, 1.807) is 18.2 Å². The van der Waals surface area contributed by atoms with Gasteiger partial charge in [0, 0.05) is 17.5 Å². The van der Waals surface area contributed by atoms with Gasteiger partial charge in [0.2, 0.25) is 0 Å². The van der Waals surface area contributed by atoms with Crippen LogP contribution in [0, 0.1) is 10.1 Å². The summed E-state index contributed by atoms with van der Waals surface area (Å²) >= 11 is 3.31. The van der Waals surface area contributed by atoms with Crippen molar-refractivity contribution >= 4 is 31.7 Å². The van der Waals surface area contributed by atoms with Crippen LogP contribution in [0.1, 0.15) is 11.1 Å². The summed E-state index contributed by atoms with van der Waals surface area (Å²) < 4.78 is 29.0. The third kappa shape index (κ3) is 4.54. The summed E-state index contributed by atoms with van der Waals surface area (Å²) in [5.41, 5.74) is 1.44. The zero-order valence-corrected chi connectivity index (χ0v) is 13.7. The topological polar surface area (TPSA) is 86.5 Å². The molecular formula is C14H12BrNO5S. The van der Waals surface area contributed by atoms with Gasteiger partial charge in [-0.1, -0.05) is 40.2 Å². The van der Waals surface area contributed by atoms with E-state index in [2.05, 4.69) is 15.9 Å². The molecule has 0 aromatic heterocycles. The number of hydrogen-bond donors (Lipinski definition) is 0. The van der Waals surface area contributed by atoms with Crippen molar-refractivity contribution in [3.8, 4) is 5.75 Å². The predicted molar refractivity (Wildman–Crippen MR) is 85.4 cm³/mol. The Morgan fingerprint density at radius 1 is 1.09 bits per heavy atom. The molecule has 0 amide bonds. The van der Waals surface area contributed by atoms with Crippen LogP contribution in [-0.4, -0.2) is 13.3 Å². The summed E-state index contributed by atoms with van der Waals surface area (Å²) in [5, 5.41) is 11.2. The van der Waals surface area contributed by atoms with Crippen molar-refractivity contribution < 1.29 is 17.5 Å². The first-order chi connectivity index (χ1) is 10.4. The van der Waals surface area contributed by atoms with E-state index in [9.17, 15) is 18.5 Å². The van der Waals surface area contributed by atoms with Gasteiger partial charge < -0.3 is 4.18 Å². The maximum atomic E-state index is 12.0. The average molecular weight is 386 g/mol. The summed E-state index contributed by atoms with van der Waals surface area (Å²) in [6, 6.07) is 12.0. The molecule has 2 aromatic rings. The minimum absolute atomic E-state index is 0.0437. The largest absolute Gasteiger partial charge is 0.382 e. The first-order valence-electron chi connectivity index (χ1n) is 6.20. The second-order valence-corrected chi connectivity index (χ2v) is 6.62. The normalized spacial score (nSPS) is 11.1. The van der Waals surface area contributed by atoms with E-state index < -0.39 is 15.0 Å². The number of halogens is 1. The summed E-state index contributed by atoms with van der Waals surface area (Å²) in [6.45, 7) is 0. The van der Waals surface area contributed by atoms with Gasteiger partial charge in [-0.3, -0.25) is 10.1 Å². The Bertz CT molecular complexity index is 774. The maximum Gasteiger partial charge on any atom is 0.313 e. The van der Waals surface area contributed by atoms with Crippen LogP contribution in [0.4, 0.5) is 5.69 Å². The summed E-state index contributed by atoms with van der Waals surface area (Å²) in [7, 11) is -3.83. The van der Waals surface area contributed by atoms with Crippen LogP contribution in [0.3, 0.4) is 0 Å². The molecule has 22 heavy (non-hydrogen) atoms. The molecule has 2 aromatic carbocycles. The highest BCUT2D eigenvalue weighted by atomic mass is 79.9. The van der Waals surface area contributed by atoms with Gasteiger partial charge in [-0.15, -0.1) is 0 Å². The molecule has 0 aliphatic carbocycles. The lowest BCUT2D eigenvalue weighted by molar-refractivity contribution is -0.384. The fourth-order valence-electron chi connectivity index (χ4n) is 1.81. The first-order valence-corrected chi connectivity index (χ1v) is 8.90. The van der Waals surface area contributed by atoms with Crippen LogP contribution in [0.15, 0.2) is 48.5 Å². The maximum absolute atomic E-state index is 12.0. The summed E-state index contributed by atoms with van der Waals surface area (Å²) in [4.78, 5) is 9.98. The third-order valence-electron chi connectivity index (χ3n) is 2.76. The molecule has 2 rings (SSSR count). The number of nitro groups is 1. The average Bonchev–Trinajstić information content (AvgIpc) is 2.47. The molecule has 0 spiro atoms. The summed E-state index contributed by atoms with van der Waals surface area (Å²) in [5.74, 6) is -0.229. The monoisotopic (exact) mass is 385 g/mol. The van der Waals surface area contributed by atoms with Crippen molar-refractivity contribution in [2.45, 2.75) is 11.1 Å². The zero-order valence-electron chi connectivity index (χ0n) is 11.3. The highest BCUT2D eigenvalue weighted by Gasteiger charge is 2.15. The quantitative estimate of drug-likeness (QED) is 0.329. The number of alkyl halides is 1. The Kier molecular flexibility index (Phi) is 5.15. The number of hydrogen-bond acceptors (Lipinski definition) is 5. The van der Waals surface area contributed by atoms with Gasteiger partial charge in [-0.05, 0) is 23.3 Å². The van der Waals surface area contributed by atoms with E-state index in [-0.39, 0.29) is 17.2 Å². The standard InChI is InChI=1S/C14H12BrNO5S/c15-9-11-2-1-3-12(8-11)10-22(19,20)21-14-6-4-13(5-7-14)16(17)18/h1-8H,9-10H2. The van der Waals surface area contributed by atoms with Gasteiger partial charge in [-0.2, -0.15) is 8.42 Å². The second kappa shape index (κ2) is 6.89.